The summed E-state index contributed by atoms with van der Waals surface area (Å²) in [5.41, 5.74) is 1.14. The molecule has 0 heterocycles. The van der Waals surface area contributed by atoms with Crippen LogP contribution in [0.15, 0.2) is 23.8 Å². The van der Waals surface area contributed by atoms with Gasteiger partial charge >= 0.3 is 0 Å². The Morgan fingerprint density at radius 3 is 2.60 bits per heavy atom. The average molecular weight is 231 g/mol. The largest absolute Gasteiger partial charge is 0.207 e. The molecule has 0 bridgehead atoms. The van der Waals surface area contributed by atoms with Gasteiger partial charge in [0.15, 0.2) is 0 Å². The highest BCUT2D eigenvalue weighted by molar-refractivity contribution is 6.19. The lowest BCUT2D eigenvalue weighted by atomic mass is 10.0. The van der Waals surface area contributed by atoms with Crippen molar-refractivity contribution in [2.75, 3.05) is 5.88 Å². The molecule has 0 aliphatic rings. The highest BCUT2D eigenvalue weighted by atomic mass is 35.5. The summed E-state index contributed by atoms with van der Waals surface area (Å²) in [4.78, 5) is 0. The predicted octanol–water partition coefficient (Wildman–Crippen LogP) is 4.24. The molecule has 0 saturated carbocycles. The lowest BCUT2D eigenvalue weighted by molar-refractivity contribution is 0.597. The zero-order chi connectivity index (χ0) is 11.4. The number of alkyl halides is 1. The fraction of sp³-hybridized carbons (Fsp3) is 0.333. The maximum Gasteiger partial charge on any atom is 0.130 e. The molecule has 0 saturated heterocycles. The van der Waals surface area contributed by atoms with Crippen LogP contribution in [0.4, 0.5) is 8.78 Å². The van der Waals surface area contributed by atoms with E-state index in [0.717, 1.165) is 17.7 Å². The van der Waals surface area contributed by atoms with Crippen molar-refractivity contribution < 1.29 is 8.78 Å². The topological polar surface area (TPSA) is 0 Å². The molecule has 0 unspecified atom stereocenters. The molecular weight excluding hydrogens is 218 g/mol. The maximum absolute atomic E-state index is 13.3. The van der Waals surface area contributed by atoms with Gasteiger partial charge in [0.25, 0.3) is 0 Å². The van der Waals surface area contributed by atoms with Gasteiger partial charge in [-0.1, -0.05) is 25.5 Å². The number of hydrogen-bond donors (Lipinski definition) is 0. The van der Waals surface area contributed by atoms with Crippen LogP contribution in [0.25, 0.3) is 6.08 Å². The molecule has 0 fully saturated rings. The van der Waals surface area contributed by atoms with Crippen LogP contribution in [0.5, 0.6) is 0 Å². The van der Waals surface area contributed by atoms with Crippen molar-refractivity contribution in [3.63, 3.8) is 0 Å². The highest BCUT2D eigenvalue weighted by Gasteiger charge is 2.05. The molecule has 1 aromatic rings. The van der Waals surface area contributed by atoms with Crippen molar-refractivity contribution in [3.05, 3.63) is 41.0 Å². The molecule has 0 amide bonds. The van der Waals surface area contributed by atoms with Crippen molar-refractivity contribution in [2.24, 2.45) is 5.92 Å². The molecule has 0 atom stereocenters. The van der Waals surface area contributed by atoms with Crippen LogP contribution in [0.1, 0.15) is 19.4 Å². The Morgan fingerprint density at radius 2 is 2.07 bits per heavy atom. The monoisotopic (exact) mass is 230 g/mol. The summed E-state index contributed by atoms with van der Waals surface area (Å²) in [6.07, 6.45) is 1.61. The van der Waals surface area contributed by atoms with E-state index in [-0.39, 0.29) is 11.5 Å². The summed E-state index contributed by atoms with van der Waals surface area (Å²) >= 11 is 5.72. The van der Waals surface area contributed by atoms with Crippen molar-refractivity contribution in [3.8, 4) is 0 Å². The lowest BCUT2D eigenvalue weighted by Crippen LogP contribution is -1.96. The minimum atomic E-state index is -0.444. The zero-order valence-electron chi connectivity index (χ0n) is 8.73. The van der Waals surface area contributed by atoms with Crippen LogP contribution >= 0.6 is 11.6 Å². The van der Waals surface area contributed by atoms with Crippen LogP contribution < -0.4 is 0 Å². The summed E-state index contributed by atoms with van der Waals surface area (Å²) < 4.78 is 26.1. The van der Waals surface area contributed by atoms with E-state index in [1.807, 2.05) is 13.8 Å². The van der Waals surface area contributed by atoms with Crippen molar-refractivity contribution in [1.82, 2.24) is 0 Å². The zero-order valence-corrected chi connectivity index (χ0v) is 9.48. The van der Waals surface area contributed by atoms with Crippen molar-refractivity contribution >= 4 is 17.7 Å². The second-order valence-electron chi connectivity index (χ2n) is 3.67. The lowest BCUT2D eigenvalue weighted by Gasteiger charge is -2.08. The van der Waals surface area contributed by atoms with Gasteiger partial charge in [0, 0.05) is 11.4 Å². The Bertz CT molecular complexity index is 370. The molecule has 0 radical (unpaired) electrons. The second kappa shape index (κ2) is 5.26. The van der Waals surface area contributed by atoms with Gasteiger partial charge < -0.3 is 0 Å². The Balaban J connectivity index is 3.10. The minimum Gasteiger partial charge on any atom is -0.207 e. The Hall–Kier alpha value is -0.890. The van der Waals surface area contributed by atoms with Gasteiger partial charge in [-0.2, -0.15) is 0 Å². The van der Waals surface area contributed by atoms with Gasteiger partial charge in [0.05, 0.1) is 0 Å². The quantitative estimate of drug-likeness (QED) is 0.682. The average Bonchev–Trinajstić information content (AvgIpc) is 2.18. The van der Waals surface area contributed by atoms with E-state index >= 15 is 0 Å². The number of rotatable bonds is 3. The molecule has 1 aromatic carbocycles. The van der Waals surface area contributed by atoms with E-state index in [2.05, 4.69) is 0 Å². The van der Waals surface area contributed by atoms with Crippen molar-refractivity contribution in [1.29, 1.82) is 0 Å². The number of hydrogen-bond acceptors (Lipinski definition) is 0. The van der Waals surface area contributed by atoms with Crippen LogP contribution in [0, 0.1) is 17.6 Å². The third kappa shape index (κ3) is 3.31. The van der Waals surface area contributed by atoms with Gasteiger partial charge in [0.2, 0.25) is 0 Å². The molecule has 0 aliphatic heterocycles. The van der Waals surface area contributed by atoms with Gasteiger partial charge in [-0.05, 0) is 24.1 Å². The first kappa shape index (κ1) is 12.2. The molecule has 0 spiro atoms. The highest BCUT2D eigenvalue weighted by Crippen LogP contribution is 2.19. The Labute approximate surface area is 93.6 Å². The molecule has 82 valence electrons. The van der Waals surface area contributed by atoms with Crippen LogP contribution in [-0.4, -0.2) is 5.88 Å². The van der Waals surface area contributed by atoms with Crippen molar-refractivity contribution in [2.45, 2.75) is 13.8 Å². The molecule has 3 heteroatoms. The SMILES string of the molecule is CC(C)C(=Cc1cc(F)ccc1F)CCl. The van der Waals surface area contributed by atoms with Crippen LogP contribution in [-0.2, 0) is 0 Å². The molecule has 1 rings (SSSR count). The first-order chi connectivity index (χ1) is 7.04. The van der Waals surface area contributed by atoms with E-state index in [0.29, 0.717) is 5.88 Å². The molecule has 0 aromatic heterocycles. The molecule has 0 N–H and O–H groups in total. The maximum atomic E-state index is 13.3. The third-order valence-electron chi connectivity index (χ3n) is 2.19. The number of allylic oxidation sites excluding steroid dienone is 1. The third-order valence-corrected chi connectivity index (χ3v) is 2.50. The fourth-order valence-corrected chi connectivity index (χ4v) is 1.57. The van der Waals surface area contributed by atoms with E-state index in [1.165, 1.54) is 6.07 Å². The Kier molecular flexibility index (Phi) is 4.28. The smallest absolute Gasteiger partial charge is 0.130 e. The summed E-state index contributed by atoms with van der Waals surface area (Å²) in [7, 11) is 0. The number of benzene rings is 1. The van der Waals surface area contributed by atoms with Crippen LogP contribution in [0.3, 0.4) is 0 Å². The van der Waals surface area contributed by atoms with E-state index < -0.39 is 11.6 Å². The molecule has 15 heavy (non-hydrogen) atoms. The fourth-order valence-electron chi connectivity index (χ4n) is 1.18. The standard InChI is InChI=1S/C12H13ClF2/c1-8(2)10(7-13)5-9-6-11(14)3-4-12(9)15/h3-6,8H,7H2,1-2H3. The molecule has 0 aliphatic carbocycles. The second-order valence-corrected chi connectivity index (χ2v) is 3.94. The summed E-state index contributed by atoms with van der Waals surface area (Å²) in [5.74, 6) is -0.321. The van der Waals surface area contributed by atoms with E-state index in [4.69, 9.17) is 11.6 Å². The predicted molar refractivity (Wildman–Crippen MR) is 59.9 cm³/mol. The normalized spacial score (nSPS) is 12.3. The van der Waals surface area contributed by atoms with Crippen LogP contribution in [0.2, 0.25) is 0 Å². The van der Waals surface area contributed by atoms with E-state index in [9.17, 15) is 8.78 Å². The van der Waals surface area contributed by atoms with Gasteiger partial charge in [-0.25, -0.2) is 8.78 Å². The first-order valence-electron chi connectivity index (χ1n) is 4.76. The van der Waals surface area contributed by atoms with E-state index in [1.54, 1.807) is 6.08 Å². The minimum absolute atomic E-state index is 0.227. The Morgan fingerprint density at radius 1 is 1.40 bits per heavy atom. The summed E-state index contributed by atoms with van der Waals surface area (Å²) in [6, 6.07) is 3.39. The molecule has 0 nitrogen and oxygen atoms in total. The van der Waals surface area contributed by atoms with Gasteiger partial charge in [0.1, 0.15) is 11.6 Å². The summed E-state index contributed by atoms with van der Waals surface area (Å²) in [6.45, 7) is 3.93. The molecular formula is C12H13ClF2. The number of halogens is 3. The first-order valence-corrected chi connectivity index (χ1v) is 5.29. The van der Waals surface area contributed by atoms with Gasteiger partial charge in [-0.3, -0.25) is 0 Å². The summed E-state index contributed by atoms with van der Waals surface area (Å²) in [5, 5.41) is 0. The van der Waals surface area contributed by atoms with Gasteiger partial charge in [-0.15, -0.1) is 11.6 Å².